The molecule has 110 valence electrons. The Morgan fingerprint density at radius 2 is 2.35 bits per heavy atom. The van der Waals surface area contributed by atoms with Crippen molar-refractivity contribution in [1.29, 1.82) is 0 Å². The summed E-state index contributed by atoms with van der Waals surface area (Å²) >= 11 is 9.20. The highest BCUT2D eigenvalue weighted by Gasteiger charge is 2.23. The summed E-state index contributed by atoms with van der Waals surface area (Å²) < 4.78 is 6.24. The molecule has 20 heavy (non-hydrogen) atoms. The van der Waals surface area contributed by atoms with Crippen molar-refractivity contribution in [3.8, 4) is 5.75 Å². The summed E-state index contributed by atoms with van der Waals surface area (Å²) in [5.74, 6) is 0.735. The number of amides is 1. The average molecular weight is 363 g/mol. The van der Waals surface area contributed by atoms with Crippen LogP contribution in [0.3, 0.4) is 0 Å². The number of aliphatic hydroxyl groups is 1. The van der Waals surface area contributed by atoms with Crippen LogP contribution in [0, 0.1) is 5.92 Å². The molecule has 0 bridgehead atoms. The number of hydrogen-bond donors (Lipinski definition) is 1. The largest absolute Gasteiger partial charge is 0.483 e. The molecule has 0 aliphatic carbocycles. The number of piperidine rings is 1. The summed E-state index contributed by atoms with van der Waals surface area (Å²) in [7, 11) is 0. The summed E-state index contributed by atoms with van der Waals surface area (Å²) in [6, 6.07) is 5.17. The van der Waals surface area contributed by atoms with Crippen molar-refractivity contribution < 1.29 is 14.6 Å². The second-order valence-electron chi connectivity index (χ2n) is 4.89. The van der Waals surface area contributed by atoms with Gasteiger partial charge in [0.25, 0.3) is 5.91 Å². The topological polar surface area (TPSA) is 49.8 Å². The van der Waals surface area contributed by atoms with Gasteiger partial charge in [-0.1, -0.05) is 11.6 Å². The summed E-state index contributed by atoms with van der Waals surface area (Å²) in [6.45, 7) is 1.48. The number of carbonyl (C=O) groups excluding carboxylic acids is 1. The van der Waals surface area contributed by atoms with Gasteiger partial charge in [0.15, 0.2) is 6.61 Å². The van der Waals surface area contributed by atoms with E-state index in [1.165, 1.54) is 0 Å². The molecule has 0 spiro atoms. The van der Waals surface area contributed by atoms with Crippen LogP contribution in [0.5, 0.6) is 5.75 Å². The zero-order valence-electron chi connectivity index (χ0n) is 11.0. The third-order valence-electron chi connectivity index (χ3n) is 3.37. The smallest absolute Gasteiger partial charge is 0.260 e. The van der Waals surface area contributed by atoms with Crippen LogP contribution in [0.1, 0.15) is 12.8 Å². The number of halogens is 2. The number of aliphatic hydroxyl groups excluding tert-OH is 1. The van der Waals surface area contributed by atoms with Gasteiger partial charge < -0.3 is 14.7 Å². The molecule has 1 amide bonds. The second-order valence-corrected chi connectivity index (χ2v) is 6.18. The fourth-order valence-corrected chi connectivity index (χ4v) is 3.06. The number of hydrogen-bond acceptors (Lipinski definition) is 3. The molecule has 6 heteroatoms. The normalized spacial score (nSPS) is 18.9. The molecular formula is C14H17BrClNO3. The Balaban J connectivity index is 1.88. The maximum Gasteiger partial charge on any atom is 0.260 e. The van der Waals surface area contributed by atoms with Crippen molar-refractivity contribution in [1.82, 2.24) is 4.90 Å². The van der Waals surface area contributed by atoms with Crippen LogP contribution in [-0.4, -0.2) is 42.2 Å². The lowest BCUT2D eigenvalue weighted by atomic mass is 9.99. The number of nitrogens with zero attached hydrogens (tertiary/aromatic N) is 1. The summed E-state index contributed by atoms with van der Waals surface area (Å²) in [4.78, 5) is 13.8. The van der Waals surface area contributed by atoms with Crippen LogP contribution in [-0.2, 0) is 4.79 Å². The molecule has 1 heterocycles. The predicted molar refractivity (Wildman–Crippen MR) is 81.0 cm³/mol. The molecule has 2 rings (SSSR count). The molecule has 1 N–H and O–H groups in total. The molecule has 1 aromatic carbocycles. The van der Waals surface area contributed by atoms with Crippen molar-refractivity contribution >= 4 is 33.4 Å². The van der Waals surface area contributed by atoms with Gasteiger partial charge in [0.2, 0.25) is 0 Å². The molecule has 1 atom stereocenters. The van der Waals surface area contributed by atoms with E-state index in [0.717, 1.165) is 23.9 Å². The Labute approximate surface area is 131 Å². The fraction of sp³-hybridized carbons (Fsp3) is 0.500. The lowest BCUT2D eigenvalue weighted by Crippen LogP contribution is -2.43. The molecule has 1 saturated heterocycles. The van der Waals surface area contributed by atoms with Gasteiger partial charge in [0.05, 0.1) is 4.47 Å². The first-order chi connectivity index (χ1) is 9.60. The molecule has 1 aliphatic heterocycles. The SMILES string of the molecule is O=C(COc1ccc(Cl)cc1Br)N1CCCC(CO)C1. The Bertz CT molecular complexity index is 483. The van der Waals surface area contributed by atoms with E-state index in [0.29, 0.717) is 17.3 Å². The Kier molecular flexibility index (Phi) is 5.69. The molecule has 1 aliphatic rings. The molecule has 0 saturated carbocycles. The minimum absolute atomic E-state index is 0.00161. The van der Waals surface area contributed by atoms with Crippen LogP contribution in [0.15, 0.2) is 22.7 Å². The monoisotopic (exact) mass is 361 g/mol. The lowest BCUT2D eigenvalue weighted by molar-refractivity contribution is -0.135. The van der Waals surface area contributed by atoms with Crippen molar-refractivity contribution in [2.45, 2.75) is 12.8 Å². The number of benzene rings is 1. The van der Waals surface area contributed by atoms with Gasteiger partial charge in [-0.3, -0.25) is 4.79 Å². The first-order valence-corrected chi connectivity index (χ1v) is 7.73. The minimum Gasteiger partial charge on any atom is -0.483 e. The van der Waals surface area contributed by atoms with Gasteiger partial charge >= 0.3 is 0 Å². The van der Waals surface area contributed by atoms with Crippen molar-refractivity contribution in [3.63, 3.8) is 0 Å². The van der Waals surface area contributed by atoms with Gasteiger partial charge in [0.1, 0.15) is 5.75 Å². The Morgan fingerprint density at radius 3 is 3.05 bits per heavy atom. The standard InChI is InChI=1S/C14H17BrClNO3/c15-12-6-11(16)3-4-13(12)20-9-14(19)17-5-1-2-10(7-17)8-18/h3-4,6,10,18H,1-2,5,7-9H2. The zero-order chi connectivity index (χ0) is 14.5. The van der Waals surface area contributed by atoms with Crippen LogP contribution >= 0.6 is 27.5 Å². The molecule has 1 aromatic rings. The number of likely N-dealkylation sites (tertiary alicyclic amines) is 1. The third kappa shape index (κ3) is 4.11. The van der Waals surface area contributed by atoms with Gasteiger partial charge in [-0.25, -0.2) is 0 Å². The van der Waals surface area contributed by atoms with E-state index < -0.39 is 0 Å². The molecule has 0 aromatic heterocycles. The van der Waals surface area contributed by atoms with Crippen LogP contribution in [0.4, 0.5) is 0 Å². The number of rotatable bonds is 4. The highest BCUT2D eigenvalue weighted by atomic mass is 79.9. The van der Waals surface area contributed by atoms with Gasteiger partial charge in [0, 0.05) is 24.7 Å². The van der Waals surface area contributed by atoms with Crippen LogP contribution in [0.25, 0.3) is 0 Å². The molecule has 1 fully saturated rings. The third-order valence-corrected chi connectivity index (χ3v) is 4.23. The zero-order valence-corrected chi connectivity index (χ0v) is 13.4. The molecule has 0 radical (unpaired) electrons. The first kappa shape index (κ1) is 15.6. The van der Waals surface area contributed by atoms with Crippen LogP contribution < -0.4 is 4.74 Å². The molecule has 4 nitrogen and oxygen atoms in total. The molecule has 1 unspecified atom stereocenters. The highest BCUT2D eigenvalue weighted by Crippen LogP contribution is 2.28. The fourth-order valence-electron chi connectivity index (χ4n) is 2.26. The second kappa shape index (κ2) is 7.29. The van der Waals surface area contributed by atoms with Crippen molar-refractivity contribution in [2.75, 3.05) is 26.3 Å². The Hall–Kier alpha value is -0.780. The van der Waals surface area contributed by atoms with E-state index in [4.69, 9.17) is 16.3 Å². The van der Waals surface area contributed by atoms with E-state index in [9.17, 15) is 9.90 Å². The molecular weight excluding hydrogens is 346 g/mol. The summed E-state index contributed by atoms with van der Waals surface area (Å²) in [5.41, 5.74) is 0. The lowest BCUT2D eigenvalue weighted by Gasteiger charge is -2.31. The van der Waals surface area contributed by atoms with Crippen molar-refractivity contribution in [3.05, 3.63) is 27.7 Å². The van der Waals surface area contributed by atoms with Crippen LogP contribution in [0.2, 0.25) is 5.02 Å². The maximum absolute atomic E-state index is 12.1. The average Bonchev–Trinajstić information content (AvgIpc) is 2.46. The van der Waals surface area contributed by atoms with E-state index in [-0.39, 0.29) is 25.0 Å². The number of carbonyl (C=O) groups is 1. The first-order valence-electron chi connectivity index (χ1n) is 6.56. The van der Waals surface area contributed by atoms with Gasteiger partial charge in [-0.15, -0.1) is 0 Å². The maximum atomic E-state index is 12.1. The highest BCUT2D eigenvalue weighted by molar-refractivity contribution is 9.10. The van der Waals surface area contributed by atoms with E-state index in [1.807, 2.05) is 0 Å². The van der Waals surface area contributed by atoms with Gasteiger partial charge in [-0.2, -0.15) is 0 Å². The minimum atomic E-state index is -0.0509. The quantitative estimate of drug-likeness (QED) is 0.896. The van der Waals surface area contributed by atoms with E-state index in [1.54, 1.807) is 23.1 Å². The van der Waals surface area contributed by atoms with Gasteiger partial charge in [-0.05, 0) is 52.9 Å². The van der Waals surface area contributed by atoms with Crippen molar-refractivity contribution in [2.24, 2.45) is 5.92 Å². The summed E-state index contributed by atoms with van der Waals surface area (Å²) in [6.07, 6.45) is 1.91. The van der Waals surface area contributed by atoms with E-state index >= 15 is 0 Å². The summed E-state index contributed by atoms with van der Waals surface area (Å²) in [5, 5.41) is 9.78. The Morgan fingerprint density at radius 1 is 1.55 bits per heavy atom. The predicted octanol–water partition coefficient (Wildman–Crippen LogP) is 2.71. The van der Waals surface area contributed by atoms with E-state index in [2.05, 4.69) is 15.9 Å². The number of ether oxygens (including phenoxy) is 1.